The average Bonchev–Trinajstić information content (AvgIpc) is 2.72. The number of likely N-dealkylation sites (tertiary alicyclic amines) is 1. The van der Waals surface area contributed by atoms with E-state index in [0.717, 1.165) is 25.9 Å². The Kier molecular flexibility index (Phi) is 5.95. The Labute approximate surface area is 155 Å². The van der Waals surface area contributed by atoms with Crippen molar-refractivity contribution in [3.63, 3.8) is 0 Å². The van der Waals surface area contributed by atoms with Crippen LogP contribution in [0.3, 0.4) is 0 Å². The first-order valence-electron chi connectivity index (χ1n) is 8.99. The Hall–Kier alpha value is -2.75. The molecule has 1 heterocycles. The second-order valence-electron chi connectivity index (χ2n) is 6.44. The first-order chi connectivity index (χ1) is 12.7. The molecule has 2 aromatic carbocycles. The zero-order valence-corrected chi connectivity index (χ0v) is 15.2. The number of ether oxygens (including phenoxy) is 2. The third kappa shape index (κ3) is 4.07. The second kappa shape index (κ2) is 8.56. The van der Waals surface area contributed by atoms with E-state index in [1.54, 1.807) is 31.4 Å². The Morgan fingerprint density at radius 2 is 1.88 bits per heavy atom. The summed E-state index contributed by atoms with van der Waals surface area (Å²) in [4.78, 5) is 14.8. The van der Waals surface area contributed by atoms with E-state index in [0.29, 0.717) is 29.6 Å². The summed E-state index contributed by atoms with van der Waals surface area (Å²) in [5.74, 6) is 1.76. The van der Waals surface area contributed by atoms with Crippen LogP contribution in [0.2, 0.25) is 0 Å². The SMILES string of the molecule is C=CCOc1ccc(C(=O)N2CCC(c3ccccc3)CC2)cc1OC. The molecule has 3 rings (SSSR count). The maximum Gasteiger partial charge on any atom is 0.253 e. The maximum atomic E-state index is 12.8. The molecular formula is C22H25NO3. The predicted octanol–water partition coefficient (Wildman–Crippen LogP) is 4.28. The van der Waals surface area contributed by atoms with Gasteiger partial charge in [-0.15, -0.1) is 0 Å². The molecule has 0 atom stereocenters. The van der Waals surface area contributed by atoms with E-state index in [4.69, 9.17) is 9.47 Å². The lowest BCUT2D eigenvalue weighted by Gasteiger charge is -2.32. The van der Waals surface area contributed by atoms with Gasteiger partial charge >= 0.3 is 0 Å². The van der Waals surface area contributed by atoms with Gasteiger partial charge in [-0.2, -0.15) is 0 Å². The summed E-state index contributed by atoms with van der Waals surface area (Å²) in [6.07, 6.45) is 3.66. The van der Waals surface area contributed by atoms with E-state index >= 15 is 0 Å². The first kappa shape index (κ1) is 18.1. The highest BCUT2D eigenvalue weighted by molar-refractivity contribution is 5.95. The predicted molar refractivity (Wildman–Crippen MR) is 103 cm³/mol. The van der Waals surface area contributed by atoms with Gasteiger partial charge in [-0.05, 0) is 42.5 Å². The van der Waals surface area contributed by atoms with E-state index in [2.05, 4.69) is 30.8 Å². The van der Waals surface area contributed by atoms with Gasteiger partial charge < -0.3 is 14.4 Å². The zero-order valence-electron chi connectivity index (χ0n) is 15.2. The summed E-state index contributed by atoms with van der Waals surface area (Å²) >= 11 is 0. The van der Waals surface area contributed by atoms with Crippen LogP contribution >= 0.6 is 0 Å². The number of methoxy groups -OCH3 is 1. The van der Waals surface area contributed by atoms with Crippen LogP contribution in [0.25, 0.3) is 0 Å². The largest absolute Gasteiger partial charge is 0.493 e. The van der Waals surface area contributed by atoms with Gasteiger partial charge in [-0.25, -0.2) is 0 Å². The van der Waals surface area contributed by atoms with Crippen molar-refractivity contribution < 1.29 is 14.3 Å². The second-order valence-corrected chi connectivity index (χ2v) is 6.44. The minimum Gasteiger partial charge on any atom is -0.493 e. The van der Waals surface area contributed by atoms with E-state index in [1.165, 1.54) is 5.56 Å². The van der Waals surface area contributed by atoms with E-state index in [-0.39, 0.29) is 5.91 Å². The van der Waals surface area contributed by atoms with Gasteiger partial charge in [0.25, 0.3) is 5.91 Å². The Morgan fingerprint density at radius 3 is 2.54 bits per heavy atom. The normalized spacial score (nSPS) is 14.7. The lowest BCUT2D eigenvalue weighted by molar-refractivity contribution is 0.0712. The van der Waals surface area contributed by atoms with Crippen molar-refractivity contribution in [1.82, 2.24) is 4.90 Å². The minimum absolute atomic E-state index is 0.0464. The number of carbonyl (C=O) groups excluding carboxylic acids is 1. The highest BCUT2D eigenvalue weighted by atomic mass is 16.5. The molecular weight excluding hydrogens is 326 g/mol. The van der Waals surface area contributed by atoms with Crippen LogP contribution in [0.1, 0.15) is 34.7 Å². The number of benzene rings is 2. The molecule has 0 radical (unpaired) electrons. The van der Waals surface area contributed by atoms with Crippen molar-refractivity contribution in [2.75, 3.05) is 26.8 Å². The number of hydrogen-bond acceptors (Lipinski definition) is 3. The molecule has 0 bridgehead atoms. The Bertz CT molecular complexity index is 749. The molecule has 0 aromatic heterocycles. The molecule has 0 unspecified atom stereocenters. The van der Waals surface area contributed by atoms with Crippen LogP contribution in [0.15, 0.2) is 61.2 Å². The van der Waals surface area contributed by atoms with Gasteiger partial charge in [0.1, 0.15) is 6.61 Å². The van der Waals surface area contributed by atoms with Gasteiger partial charge in [-0.1, -0.05) is 43.0 Å². The third-order valence-corrected chi connectivity index (χ3v) is 4.82. The molecule has 0 N–H and O–H groups in total. The first-order valence-corrected chi connectivity index (χ1v) is 8.99. The molecule has 136 valence electrons. The smallest absolute Gasteiger partial charge is 0.253 e. The number of amides is 1. The molecule has 0 aliphatic carbocycles. The molecule has 4 heteroatoms. The van der Waals surface area contributed by atoms with Gasteiger partial charge in [0, 0.05) is 18.7 Å². The molecule has 1 fully saturated rings. The lowest BCUT2D eigenvalue weighted by Crippen LogP contribution is -2.37. The summed E-state index contributed by atoms with van der Waals surface area (Å²) < 4.78 is 10.9. The van der Waals surface area contributed by atoms with Crippen molar-refractivity contribution >= 4 is 5.91 Å². The monoisotopic (exact) mass is 351 g/mol. The summed E-state index contributed by atoms with van der Waals surface area (Å²) in [6.45, 7) is 5.59. The fourth-order valence-corrected chi connectivity index (χ4v) is 3.39. The van der Waals surface area contributed by atoms with Gasteiger partial charge in [0.15, 0.2) is 11.5 Å². The van der Waals surface area contributed by atoms with Gasteiger partial charge in [0.2, 0.25) is 0 Å². The third-order valence-electron chi connectivity index (χ3n) is 4.82. The Balaban J connectivity index is 1.65. The summed E-state index contributed by atoms with van der Waals surface area (Å²) in [7, 11) is 1.58. The van der Waals surface area contributed by atoms with E-state index in [9.17, 15) is 4.79 Å². The van der Waals surface area contributed by atoms with Crippen LogP contribution in [-0.2, 0) is 0 Å². The van der Waals surface area contributed by atoms with E-state index < -0.39 is 0 Å². The maximum absolute atomic E-state index is 12.8. The molecule has 1 aliphatic rings. The molecule has 0 saturated carbocycles. The Morgan fingerprint density at radius 1 is 1.15 bits per heavy atom. The molecule has 4 nitrogen and oxygen atoms in total. The topological polar surface area (TPSA) is 38.8 Å². The number of nitrogens with zero attached hydrogens (tertiary/aromatic N) is 1. The van der Waals surface area contributed by atoms with Crippen molar-refractivity contribution in [2.45, 2.75) is 18.8 Å². The number of piperidine rings is 1. The van der Waals surface area contributed by atoms with Gasteiger partial charge in [0.05, 0.1) is 7.11 Å². The van der Waals surface area contributed by atoms with Crippen LogP contribution in [0.4, 0.5) is 0 Å². The van der Waals surface area contributed by atoms with Gasteiger partial charge in [-0.3, -0.25) is 4.79 Å². The summed E-state index contributed by atoms with van der Waals surface area (Å²) in [6, 6.07) is 15.9. The van der Waals surface area contributed by atoms with Crippen molar-refractivity contribution in [2.24, 2.45) is 0 Å². The number of rotatable bonds is 6. The molecule has 1 aliphatic heterocycles. The van der Waals surface area contributed by atoms with E-state index in [1.807, 2.05) is 11.0 Å². The number of carbonyl (C=O) groups is 1. The molecule has 26 heavy (non-hydrogen) atoms. The average molecular weight is 351 g/mol. The summed E-state index contributed by atoms with van der Waals surface area (Å²) in [5, 5.41) is 0. The molecule has 1 amide bonds. The van der Waals surface area contributed by atoms with Crippen molar-refractivity contribution in [3.8, 4) is 11.5 Å². The molecule has 0 spiro atoms. The van der Waals surface area contributed by atoms with Crippen LogP contribution in [0.5, 0.6) is 11.5 Å². The standard InChI is InChI=1S/C22H25NO3/c1-3-15-26-20-10-9-19(16-21(20)25-2)22(24)23-13-11-18(12-14-23)17-7-5-4-6-8-17/h3-10,16,18H,1,11-15H2,2H3. The number of hydrogen-bond donors (Lipinski definition) is 0. The lowest BCUT2D eigenvalue weighted by atomic mass is 9.89. The van der Waals surface area contributed by atoms with Crippen molar-refractivity contribution in [3.05, 3.63) is 72.3 Å². The highest BCUT2D eigenvalue weighted by Crippen LogP contribution is 2.31. The molecule has 2 aromatic rings. The highest BCUT2D eigenvalue weighted by Gasteiger charge is 2.25. The van der Waals surface area contributed by atoms with Crippen LogP contribution in [0, 0.1) is 0 Å². The molecule has 1 saturated heterocycles. The fourth-order valence-electron chi connectivity index (χ4n) is 3.39. The van der Waals surface area contributed by atoms with Crippen LogP contribution < -0.4 is 9.47 Å². The van der Waals surface area contributed by atoms with Crippen LogP contribution in [-0.4, -0.2) is 37.6 Å². The minimum atomic E-state index is 0.0464. The quantitative estimate of drug-likeness (QED) is 0.729. The summed E-state index contributed by atoms with van der Waals surface area (Å²) in [5.41, 5.74) is 2.00. The van der Waals surface area contributed by atoms with Crippen molar-refractivity contribution in [1.29, 1.82) is 0 Å². The fraction of sp³-hybridized carbons (Fsp3) is 0.318. The zero-order chi connectivity index (χ0) is 18.4.